The summed E-state index contributed by atoms with van der Waals surface area (Å²) in [5.74, 6) is 0.650. The normalized spacial score (nSPS) is 11.6. The number of aliphatic imine (C=N–C) groups is 1. The molecule has 1 heterocycles. The molecule has 0 amide bonds. The Balaban J connectivity index is 0.00000338. The van der Waals surface area contributed by atoms with Gasteiger partial charge < -0.3 is 10.6 Å². The summed E-state index contributed by atoms with van der Waals surface area (Å²) >= 11 is 5.76. The molecule has 0 unspecified atom stereocenters. The molecule has 0 spiro atoms. The molecule has 0 aliphatic heterocycles. The van der Waals surface area contributed by atoms with Crippen LogP contribution in [0.2, 0.25) is 5.15 Å². The van der Waals surface area contributed by atoms with Crippen molar-refractivity contribution >= 4 is 51.6 Å². The molecule has 0 bridgehead atoms. The molecule has 142 valence electrons. The lowest BCUT2D eigenvalue weighted by Gasteiger charge is -2.12. The maximum absolute atomic E-state index is 11.2. The van der Waals surface area contributed by atoms with Gasteiger partial charge in [0.2, 0.25) is 10.0 Å². The van der Waals surface area contributed by atoms with E-state index >= 15 is 0 Å². The Labute approximate surface area is 175 Å². The van der Waals surface area contributed by atoms with Gasteiger partial charge in [-0.25, -0.2) is 18.5 Å². The van der Waals surface area contributed by atoms with Crippen LogP contribution in [-0.4, -0.2) is 33.0 Å². The number of pyridine rings is 1. The second-order valence-corrected chi connectivity index (χ2v) is 7.23. The number of nitrogens with two attached hydrogens (primary N) is 1. The van der Waals surface area contributed by atoms with Crippen molar-refractivity contribution in [3.05, 3.63) is 58.9 Å². The number of rotatable bonds is 6. The zero-order valence-corrected chi connectivity index (χ0v) is 18.0. The molecular weight excluding hydrogens is 489 g/mol. The van der Waals surface area contributed by atoms with Crippen molar-refractivity contribution in [2.75, 3.05) is 13.6 Å². The first-order valence-corrected chi connectivity index (χ1v) is 9.47. The number of halogens is 2. The van der Waals surface area contributed by atoms with Crippen LogP contribution in [0.15, 0.2) is 52.5 Å². The number of nitrogens with zero attached hydrogens (tertiary/aromatic N) is 2. The maximum atomic E-state index is 11.2. The molecular formula is C16H21ClIN5O2S. The first kappa shape index (κ1) is 22.6. The molecule has 0 atom stereocenters. The average molecular weight is 510 g/mol. The van der Waals surface area contributed by atoms with E-state index in [2.05, 4.69) is 20.6 Å². The van der Waals surface area contributed by atoms with Gasteiger partial charge in [-0.2, -0.15) is 0 Å². The van der Waals surface area contributed by atoms with Gasteiger partial charge in [0.1, 0.15) is 5.15 Å². The molecule has 4 N–H and O–H groups in total. The SMILES string of the molecule is CN=C(NCCc1ccc(Cl)nc1)NCc1ccc(S(N)(=O)=O)cc1.I. The van der Waals surface area contributed by atoms with Gasteiger partial charge in [0.05, 0.1) is 4.90 Å². The molecule has 10 heteroatoms. The van der Waals surface area contributed by atoms with E-state index in [1.807, 2.05) is 6.07 Å². The van der Waals surface area contributed by atoms with Crippen LogP contribution >= 0.6 is 35.6 Å². The number of benzene rings is 1. The fraction of sp³-hybridized carbons (Fsp3) is 0.250. The lowest BCUT2D eigenvalue weighted by Crippen LogP contribution is -2.37. The Morgan fingerprint density at radius 3 is 2.35 bits per heavy atom. The Hall–Kier alpha value is -1.43. The maximum Gasteiger partial charge on any atom is 0.238 e. The number of hydrogen-bond donors (Lipinski definition) is 3. The smallest absolute Gasteiger partial charge is 0.238 e. The van der Waals surface area contributed by atoms with Crippen LogP contribution < -0.4 is 15.8 Å². The highest BCUT2D eigenvalue weighted by Gasteiger charge is 2.06. The van der Waals surface area contributed by atoms with Gasteiger partial charge in [-0.05, 0) is 35.7 Å². The summed E-state index contributed by atoms with van der Waals surface area (Å²) in [4.78, 5) is 8.28. The number of sulfonamides is 1. The highest BCUT2D eigenvalue weighted by molar-refractivity contribution is 14.0. The van der Waals surface area contributed by atoms with Crippen LogP contribution in [0.3, 0.4) is 0 Å². The monoisotopic (exact) mass is 509 g/mol. The van der Waals surface area contributed by atoms with Gasteiger partial charge in [0.25, 0.3) is 0 Å². The Bertz CT molecular complexity index is 827. The van der Waals surface area contributed by atoms with Crippen LogP contribution in [0.1, 0.15) is 11.1 Å². The van der Waals surface area contributed by atoms with E-state index in [0.29, 0.717) is 24.2 Å². The summed E-state index contributed by atoms with van der Waals surface area (Å²) in [5, 5.41) is 11.9. The number of guanidine groups is 1. The van der Waals surface area contributed by atoms with Gasteiger partial charge in [-0.3, -0.25) is 4.99 Å². The third-order valence-corrected chi connectivity index (χ3v) is 4.58. The van der Waals surface area contributed by atoms with Crippen molar-refractivity contribution in [2.45, 2.75) is 17.9 Å². The lowest BCUT2D eigenvalue weighted by atomic mass is 10.2. The van der Waals surface area contributed by atoms with E-state index in [0.717, 1.165) is 17.5 Å². The lowest BCUT2D eigenvalue weighted by molar-refractivity contribution is 0.597. The minimum atomic E-state index is -3.67. The van der Waals surface area contributed by atoms with Crippen molar-refractivity contribution in [1.29, 1.82) is 0 Å². The van der Waals surface area contributed by atoms with E-state index in [-0.39, 0.29) is 28.9 Å². The zero-order chi connectivity index (χ0) is 18.3. The minimum Gasteiger partial charge on any atom is -0.356 e. The minimum absolute atomic E-state index is 0. The fourth-order valence-corrected chi connectivity index (χ4v) is 2.71. The molecule has 2 rings (SSSR count). The molecule has 26 heavy (non-hydrogen) atoms. The van der Waals surface area contributed by atoms with Crippen LogP contribution in [0.4, 0.5) is 0 Å². The van der Waals surface area contributed by atoms with E-state index < -0.39 is 10.0 Å². The predicted molar refractivity (Wildman–Crippen MR) is 114 cm³/mol. The summed E-state index contributed by atoms with van der Waals surface area (Å²) in [7, 11) is -1.98. The molecule has 0 aliphatic carbocycles. The molecule has 0 radical (unpaired) electrons. The van der Waals surface area contributed by atoms with Crippen LogP contribution in [0, 0.1) is 0 Å². The molecule has 0 aliphatic rings. The first-order chi connectivity index (χ1) is 11.9. The largest absolute Gasteiger partial charge is 0.356 e. The Morgan fingerprint density at radius 1 is 1.15 bits per heavy atom. The predicted octanol–water partition coefficient (Wildman–Crippen LogP) is 1.91. The Morgan fingerprint density at radius 2 is 1.81 bits per heavy atom. The second kappa shape index (κ2) is 10.7. The fourth-order valence-electron chi connectivity index (χ4n) is 2.08. The summed E-state index contributed by atoms with van der Waals surface area (Å²) in [6, 6.07) is 10.1. The van der Waals surface area contributed by atoms with E-state index in [1.54, 1.807) is 31.4 Å². The molecule has 2 aromatic rings. The second-order valence-electron chi connectivity index (χ2n) is 5.28. The summed E-state index contributed by atoms with van der Waals surface area (Å²) < 4.78 is 22.5. The zero-order valence-electron chi connectivity index (χ0n) is 14.1. The van der Waals surface area contributed by atoms with Gasteiger partial charge >= 0.3 is 0 Å². The number of aromatic nitrogens is 1. The van der Waals surface area contributed by atoms with E-state index in [9.17, 15) is 8.42 Å². The standard InChI is InChI=1S/C16H20ClN5O2S.HI/c1-19-16(20-9-8-13-4-7-15(17)21-10-13)22-11-12-2-5-14(6-3-12)25(18,23)24;/h2-7,10H,8-9,11H2,1H3,(H2,18,23,24)(H2,19,20,22);1H. The molecule has 0 fully saturated rings. The van der Waals surface area contributed by atoms with E-state index in [1.165, 1.54) is 12.1 Å². The molecule has 1 aromatic heterocycles. The quantitative estimate of drug-likeness (QED) is 0.239. The molecule has 7 nitrogen and oxygen atoms in total. The van der Waals surface area contributed by atoms with Crippen molar-refractivity contribution < 1.29 is 8.42 Å². The first-order valence-electron chi connectivity index (χ1n) is 7.55. The number of nitrogens with one attached hydrogen (secondary N) is 2. The summed E-state index contributed by atoms with van der Waals surface area (Å²) in [6.45, 7) is 1.19. The molecule has 1 aromatic carbocycles. The van der Waals surface area contributed by atoms with Crippen molar-refractivity contribution in [1.82, 2.24) is 15.6 Å². The van der Waals surface area contributed by atoms with Gasteiger partial charge in [0.15, 0.2) is 5.96 Å². The van der Waals surface area contributed by atoms with Crippen LogP contribution in [-0.2, 0) is 23.0 Å². The van der Waals surface area contributed by atoms with Gasteiger partial charge in [-0.15, -0.1) is 24.0 Å². The molecule has 0 saturated heterocycles. The van der Waals surface area contributed by atoms with Gasteiger partial charge in [0, 0.05) is 26.3 Å². The third-order valence-electron chi connectivity index (χ3n) is 3.43. The topological polar surface area (TPSA) is 109 Å². The highest BCUT2D eigenvalue weighted by Crippen LogP contribution is 2.08. The molecule has 0 saturated carbocycles. The van der Waals surface area contributed by atoms with Crippen LogP contribution in [0.5, 0.6) is 0 Å². The van der Waals surface area contributed by atoms with Gasteiger partial charge in [-0.1, -0.05) is 29.8 Å². The van der Waals surface area contributed by atoms with Crippen molar-refractivity contribution in [3.63, 3.8) is 0 Å². The van der Waals surface area contributed by atoms with Crippen molar-refractivity contribution in [3.8, 4) is 0 Å². The average Bonchev–Trinajstić information content (AvgIpc) is 2.59. The van der Waals surface area contributed by atoms with Crippen LogP contribution in [0.25, 0.3) is 0 Å². The summed E-state index contributed by atoms with van der Waals surface area (Å²) in [5.41, 5.74) is 1.99. The highest BCUT2D eigenvalue weighted by atomic mass is 127. The van der Waals surface area contributed by atoms with Crippen molar-refractivity contribution in [2.24, 2.45) is 10.1 Å². The third kappa shape index (κ3) is 7.44. The number of primary sulfonamides is 1. The Kier molecular flexibility index (Phi) is 9.27. The number of hydrogen-bond acceptors (Lipinski definition) is 4. The van der Waals surface area contributed by atoms with E-state index in [4.69, 9.17) is 16.7 Å². The summed E-state index contributed by atoms with van der Waals surface area (Å²) in [6.07, 6.45) is 2.53.